The van der Waals surface area contributed by atoms with E-state index in [-0.39, 0.29) is 25.6 Å². The van der Waals surface area contributed by atoms with Gasteiger partial charge in [-0.2, -0.15) is 13.2 Å². The number of ketones is 1. The summed E-state index contributed by atoms with van der Waals surface area (Å²) in [5, 5.41) is 12.6. The van der Waals surface area contributed by atoms with Gasteiger partial charge in [-0.25, -0.2) is 4.79 Å². The van der Waals surface area contributed by atoms with Crippen LogP contribution in [0.15, 0.2) is 24.8 Å². The maximum absolute atomic E-state index is 14.2. The van der Waals surface area contributed by atoms with E-state index in [1.54, 1.807) is 62.3 Å². The SMILES string of the molecule is C=CCNC(=O)C(=O)C(CCC(F)(F)F)NC(=O)[C@@H]1[C@@H](C(=C)C)CCN1C(=O)[C@@H](NC(=O)N[C@H](C(=O)NC(C)C)C(C)(C)C)C(C)(C)C. The summed E-state index contributed by atoms with van der Waals surface area (Å²) in [6.07, 6.45) is -5.49. The number of Topliss-reactive ketones (excluding diaryl/α,β-unsaturated/α-hetero) is 1. The van der Waals surface area contributed by atoms with Gasteiger partial charge in [0.05, 0.1) is 6.04 Å². The number of carbonyl (C=O) groups excluding carboxylic acids is 6. The zero-order chi connectivity index (χ0) is 37.4. The number of amides is 6. The van der Waals surface area contributed by atoms with Crippen molar-refractivity contribution in [2.45, 2.75) is 118 Å². The van der Waals surface area contributed by atoms with Crippen molar-refractivity contribution >= 4 is 35.4 Å². The van der Waals surface area contributed by atoms with E-state index in [4.69, 9.17) is 0 Å². The number of hydrogen-bond donors (Lipinski definition) is 5. The smallest absolute Gasteiger partial charge is 0.352 e. The average molecular weight is 687 g/mol. The Hall–Kier alpha value is -3.91. The molecular formula is C33H53F3N6O6. The second-order valence-electron chi connectivity index (χ2n) is 14.7. The van der Waals surface area contributed by atoms with E-state index < -0.39 is 95.4 Å². The number of carbonyl (C=O) groups is 6. The van der Waals surface area contributed by atoms with E-state index in [1.807, 2.05) is 0 Å². The predicted octanol–water partition coefficient (Wildman–Crippen LogP) is 3.13. The zero-order valence-corrected chi connectivity index (χ0v) is 29.5. The monoisotopic (exact) mass is 686 g/mol. The lowest BCUT2D eigenvalue weighted by Gasteiger charge is -2.37. The van der Waals surface area contributed by atoms with Crippen molar-refractivity contribution < 1.29 is 41.9 Å². The topological polar surface area (TPSA) is 166 Å². The van der Waals surface area contributed by atoms with Crippen molar-refractivity contribution in [1.82, 2.24) is 31.5 Å². The van der Waals surface area contributed by atoms with Crippen LogP contribution in [0.1, 0.15) is 81.6 Å². The summed E-state index contributed by atoms with van der Waals surface area (Å²) in [7, 11) is 0. The van der Waals surface area contributed by atoms with Crippen LogP contribution in [0.3, 0.4) is 0 Å². The number of rotatable bonds is 14. The first-order chi connectivity index (χ1) is 21.8. The number of halogens is 3. The van der Waals surface area contributed by atoms with Crippen molar-refractivity contribution in [3.63, 3.8) is 0 Å². The summed E-state index contributed by atoms with van der Waals surface area (Å²) < 4.78 is 39.4. The normalized spacial score (nSPS) is 18.6. The highest BCUT2D eigenvalue weighted by molar-refractivity contribution is 6.38. The molecule has 12 nitrogen and oxygen atoms in total. The Morgan fingerprint density at radius 2 is 1.44 bits per heavy atom. The summed E-state index contributed by atoms with van der Waals surface area (Å²) >= 11 is 0. The van der Waals surface area contributed by atoms with Gasteiger partial charge in [0.25, 0.3) is 5.91 Å². The van der Waals surface area contributed by atoms with Gasteiger partial charge in [-0.1, -0.05) is 59.8 Å². The molecule has 0 aliphatic carbocycles. The second-order valence-corrected chi connectivity index (χ2v) is 14.7. The van der Waals surface area contributed by atoms with Gasteiger partial charge in [0, 0.05) is 31.5 Å². The van der Waals surface area contributed by atoms with E-state index >= 15 is 0 Å². The molecule has 5 N–H and O–H groups in total. The third-order valence-corrected chi connectivity index (χ3v) is 7.79. The fourth-order valence-electron chi connectivity index (χ4n) is 5.29. The molecule has 0 saturated carbocycles. The minimum Gasteiger partial charge on any atom is -0.352 e. The highest BCUT2D eigenvalue weighted by atomic mass is 19.4. The van der Waals surface area contributed by atoms with Crippen molar-refractivity contribution in [3.8, 4) is 0 Å². The third kappa shape index (κ3) is 12.6. The van der Waals surface area contributed by atoms with Crippen LogP contribution >= 0.6 is 0 Å². The Morgan fingerprint density at radius 3 is 1.90 bits per heavy atom. The molecule has 1 heterocycles. The highest BCUT2D eigenvalue weighted by Gasteiger charge is 2.48. The number of alkyl halides is 3. The van der Waals surface area contributed by atoms with Crippen LogP contribution in [-0.4, -0.2) is 89.8 Å². The van der Waals surface area contributed by atoms with Crippen molar-refractivity contribution in [3.05, 3.63) is 24.8 Å². The second kappa shape index (κ2) is 17.0. The predicted molar refractivity (Wildman–Crippen MR) is 175 cm³/mol. The molecule has 0 radical (unpaired) electrons. The highest BCUT2D eigenvalue weighted by Crippen LogP contribution is 2.33. The molecule has 1 fully saturated rings. The molecule has 0 spiro atoms. The van der Waals surface area contributed by atoms with Crippen LogP contribution in [0.2, 0.25) is 0 Å². The molecule has 1 unspecified atom stereocenters. The standard InChI is InChI=1S/C33H53F3N6O6/c1-12-16-37-27(45)23(43)21(13-15-33(34,35)36)39-26(44)22-20(18(2)3)14-17-42(22)29(47)25(32(9,10)11)41-30(48)40-24(31(6,7)8)28(46)38-19(4)5/h12,19-22,24-25H,1-2,13-17H2,3-11H3,(H,37,45)(H,38,46)(H,39,44)(H2,40,41,48)/t20-,21?,22+,24-,25-/m1/s1. The van der Waals surface area contributed by atoms with Gasteiger partial charge >= 0.3 is 12.2 Å². The molecule has 15 heteroatoms. The lowest BCUT2D eigenvalue weighted by Crippen LogP contribution is -2.63. The Bertz CT molecular complexity index is 1240. The first kappa shape index (κ1) is 42.1. The first-order valence-electron chi connectivity index (χ1n) is 15.9. The average Bonchev–Trinajstić information content (AvgIpc) is 3.38. The van der Waals surface area contributed by atoms with Gasteiger partial charge in [0.2, 0.25) is 23.5 Å². The van der Waals surface area contributed by atoms with Crippen LogP contribution < -0.4 is 26.6 Å². The van der Waals surface area contributed by atoms with E-state index in [0.29, 0.717) is 5.57 Å². The minimum absolute atomic E-state index is 0.0344. The Labute approximate surface area is 281 Å². The largest absolute Gasteiger partial charge is 0.389 e. The van der Waals surface area contributed by atoms with Crippen LogP contribution in [0.5, 0.6) is 0 Å². The Morgan fingerprint density at radius 1 is 0.896 bits per heavy atom. The van der Waals surface area contributed by atoms with Crippen LogP contribution in [0, 0.1) is 16.7 Å². The van der Waals surface area contributed by atoms with Crippen molar-refractivity contribution in [1.29, 1.82) is 0 Å². The quantitative estimate of drug-likeness (QED) is 0.139. The van der Waals surface area contributed by atoms with E-state index in [9.17, 15) is 41.9 Å². The number of likely N-dealkylation sites (tertiary alicyclic amines) is 1. The van der Waals surface area contributed by atoms with Crippen molar-refractivity contribution in [2.75, 3.05) is 13.1 Å². The van der Waals surface area contributed by atoms with Gasteiger partial charge in [-0.05, 0) is 44.4 Å². The number of urea groups is 1. The minimum atomic E-state index is -4.68. The summed E-state index contributed by atoms with van der Waals surface area (Å²) in [5.41, 5.74) is -1.11. The molecular weight excluding hydrogens is 633 g/mol. The van der Waals surface area contributed by atoms with Crippen LogP contribution in [0.4, 0.5) is 18.0 Å². The van der Waals surface area contributed by atoms with Gasteiger partial charge in [-0.15, -0.1) is 6.58 Å². The summed E-state index contributed by atoms with van der Waals surface area (Å²) in [4.78, 5) is 80.6. The molecule has 0 aromatic rings. The molecule has 1 rings (SSSR count). The van der Waals surface area contributed by atoms with E-state index in [0.717, 1.165) is 0 Å². The number of nitrogens with one attached hydrogen (secondary N) is 5. The van der Waals surface area contributed by atoms with Gasteiger partial charge in [0.1, 0.15) is 18.1 Å². The molecule has 5 atom stereocenters. The summed E-state index contributed by atoms with van der Waals surface area (Å²) in [6, 6.07) is -6.33. The van der Waals surface area contributed by atoms with Gasteiger partial charge in [-0.3, -0.25) is 24.0 Å². The Kier molecular flexibility index (Phi) is 14.9. The molecule has 1 aliphatic heterocycles. The fraction of sp³-hybridized carbons (Fsp3) is 0.697. The molecule has 48 heavy (non-hydrogen) atoms. The van der Waals surface area contributed by atoms with Crippen LogP contribution in [-0.2, 0) is 24.0 Å². The van der Waals surface area contributed by atoms with E-state index in [2.05, 4.69) is 39.7 Å². The maximum Gasteiger partial charge on any atom is 0.389 e. The fourth-order valence-corrected chi connectivity index (χ4v) is 5.29. The molecule has 0 aromatic carbocycles. The van der Waals surface area contributed by atoms with E-state index in [1.165, 1.54) is 11.0 Å². The zero-order valence-electron chi connectivity index (χ0n) is 29.5. The van der Waals surface area contributed by atoms with Crippen molar-refractivity contribution in [2.24, 2.45) is 16.7 Å². The lowest BCUT2D eigenvalue weighted by molar-refractivity contribution is -0.147. The molecule has 1 aliphatic rings. The lowest BCUT2D eigenvalue weighted by atomic mass is 9.84. The third-order valence-electron chi connectivity index (χ3n) is 7.79. The number of nitrogens with zero attached hydrogens (tertiary/aromatic N) is 1. The first-order valence-corrected chi connectivity index (χ1v) is 15.9. The van der Waals surface area contributed by atoms with Gasteiger partial charge in [0.15, 0.2) is 0 Å². The molecule has 272 valence electrons. The molecule has 6 amide bonds. The molecule has 1 saturated heterocycles. The molecule has 0 aromatic heterocycles. The van der Waals surface area contributed by atoms with Gasteiger partial charge < -0.3 is 31.5 Å². The number of hydrogen-bond acceptors (Lipinski definition) is 6. The van der Waals surface area contributed by atoms with Crippen LogP contribution in [0.25, 0.3) is 0 Å². The molecule has 0 bridgehead atoms. The summed E-state index contributed by atoms with van der Waals surface area (Å²) in [5.74, 6) is -5.14. The maximum atomic E-state index is 14.2. The Balaban J connectivity index is 3.42. The summed E-state index contributed by atoms with van der Waals surface area (Å²) in [6.45, 7) is 22.8.